The molecule has 0 amide bonds. The number of ether oxygens (including phenoxy) is 1. The lowest BCUT2D eigenvalue weighted by molar-refractivity contribution is 0.345. The molecule has 0 atom stereocenters. The fourth-order valence-corrected chi connectivity index (χ4v) is 1.47. The quantitative estimate of drug-likeness (QED) is 0.623. The van der Waals surface area contributed by atoms with Crippen molar-refractivity contribution in [3.05, 3.63) is 48.1 Å². The molecule has 66 valence electrons. The van der Waals surface area contributed by atoms with Gasteiger partial charge >= 0.3 is 0 Å². The third kappa shape index (κ3) is 1.64. The Kier molecular flexibility index (Phi) is 2.17. The number of para-hydroxylation sites is 1. The van der Waals surface area contributed by atoms with Crippen LogP contribution in [0, 0.1) is 0 Å². The van der Waals surface area contributed by atoms with Crippen molar-refractivity contribution in [3.63, 3.8) is 0 Å². The van der Waals surface area contributed by atoms with Crippen LogP contribution in [0.2, 0.25) is 0 Å². The Bertz CT molecular complexity index is 350. The van der Waals surface area contributed by atoms with E-state index in [0.717, 1.165) is 12.2 Å². The first-order chi connectivity index (χ1) is 6.40. The highest BCUT2D eigenvalue weighted by atomic mass is 16.5. The average Bonchev–Trinajstić information content (AvgIpc) is 2.18. The molecule has 1 heteroatoms. The van der Waals surface area contributed by atoms with E-state index in [1.165, 1.54) is 11.1 Å². The monoisotopic (exact) mass is 172 g/mol. The van der Waals surface area contributed by atoms with E-state index in [-0.39, 0.29) is 0 Å². The Balaban J connectivity index is 2.32. The van der Waals surface area contributed by atoms with Gasteiger partial charge in [0.1, 0.15) is 12.4 Å². The van der Waals surface area contributed by atoms with Gasteiger partial charge in [0.2, 0.25) is 0 Å². The van der Waals surface area contributed by atoms with Crippen LogP contribution in [0.4, 0.5) is 0 Å². The minimum atomic E-state index is 0.697. The summed E-state index contributed by atoms with van der Waals surface area (Å²) in [4.78, 5) is 0. The van der Waals surface area contributed by atoms with Crippen LogP contribution in [0.25, 0.3) is 6.08 Å². The molecule has 0 aromatic heterocycles. The van der Waals surface area contributed by atoms with Gasteiger partial charge in [-0.3, -0.25) is 0 Å². The predicted molar refractivity (Wildman–Crippen MR) is 54.7 cm³/mol. The minimum absolute atomic E-state index is 0.697. The van der Waals surface area contributed by atoms with Gasteiger partial charge < -0.3 is 4.74 Å². The lowest BCUT2D eigenvalue weighted by atomic mass is 10.1. The van der Waals surface area contributed by atoms with Crippen LogP contribution < -0.4 is 4.74 Å². The summed E-state index contributed by atoms with van der Waals surface area (Å²) < 4.78 is 5.57. The zero-order valence-electron chi connectivity index (χ0n) is 7.49. The molecular formula is C12H12O. The van der Waals surface area contributed by atoms with Gasteiger partial charge in [0.25, 0.3) is 0 Å². The zero-order chi connectivity index (χ0) is 9.10. The molecule has 1 aliphatic heterocycles. The van der Waals surface area contributed by atoms with Crippen LogP contribution in [-0.2, 0) is 0 Å². The Hall–Kier alpha value is -1.50. The van der Waals surface area contributed by atoms with E-state index in [4.69, 9.17) is 4.74 Å². The Labute approximate surface area is 78.3 Å². The molecule has 0 radical (unpaired) electrons. The molecule has 0 fully saturated rings. The van der Waals surface area contributed by atoms with Gasteiger partial charge in [0.05, 0.1) is 0 Å². The second-order valence-electron chi connectivity index (χ2n) is 3.12. The highest BCUT2D eigenvalue weighted by Crippen LogP contribution is 2.26. The van der Waals surface area contributed by atoms with Crippen molar-refractivity contribution in [1.82, 2.24) is 0 Å². The van der Waals surface area contributed by atoms with Gasteiger partial charge in [-0.1, -0.05) is 24.3 Å². The Morgan fingerprint density at radius 1 is 1.38 bits per heavy atom. The van der Waals surface area contributed by atoms with Crippen molar-refractivity contribution in [2.45, 2.75) is 6.42 Å². The second-order valence-corrected chi connectivity index (χ2v) is 3.12. The van der Waals surface area contributed by atoms with E-state index in [1.54, 1.807) is 0 Å². The van der Waals surface area contributed by atoms with Gasteiger partial charge in [-0.2, -0.15) is 0 Å². The molecular weight excluding hydrogens is 160 g/mol. The van der Waals surface area contributed by atoms with Gasteiger partial charge in [-0.15, -0.1) is 6.58 Å². The summed E-state index contributed by atoms with van der Waals surface area (Å²) in [5.41, 5.74) is 2.46. The first-order valence-corrected chi connectivity index (χ1v) is 4.42. The molecule has 0 aliphatic carbocycles. The summed E-state index contributed by atoms with van der Waals surface area (Å²) in [5.74, 6) is 0.982. The van der Waals surface area contributed by atoms with Crippen molar-refractivity contribution in [2.75, 3.05) is 6.61 Å². The van der Waals surface area contributed by atoms with Crippen molar-refractivity contribution in [2.24, 2.45) is 0 Å². The highest BCUT2D eigenvalue weighted by Gasteiger charge is 2.08. The number of benzene rings is 1. The van der Waals surface area contributed by atoms with Crippen LogP contribution >= 0.6 is 0 Å². The highest BCUT2D eigenvalue weighted by molar-refractivity contribution is 5.62. The molecule has 0 saturated heterocycles. The first kappa shape index (κ1) is 8.11. The number of hydrogen-bond donors (Lipinski definition) is 0. The Morgan fingerprint density at radius 2 is 2.23 bits per heavy atom. The molecule has 0 N–H and O–H groups in total. The van der Waals surface area contributed by atoms with Gasteiger partial charge in [0, 0.05) is 5.56 Å². The van der Waals surface area contributed by atoms with Crippen molar-refractivity contribution < 1.29 is 4.74 Å². The normalized spacial score (nSPS) is 14.0. The summed E-state index contributed by atoms with van der Waals surface area (Å²) >= 11 is 0. The summed E-state index contributed by atoms with van der Waals surface area (Å²) in [6, 6.07) is 8.08. The van der Waals surface area contributed by atoms with E-state index < -0.39 is 0 Å². The predicted octanol–water partition coefficient (Wildman–Crippen LogP) is 3.04. The first-order valence-electron chi connectivity index (χ1n) is 4.42. The third-order valence-electron chi connectivity index (χ3n) is 2.10. The van der Waals surface area contributed by atoms with Crippen LogP contribution in [-0.4, -0.2) is 6.61 Å². The second kappa shape index (κ2) is 3.48. The molecule has 0 saturated carbocycles. The molecule has 1 aromatic rings. The zero-order valence-corrected chi connectivity index (χ0v) is 7.49. The lowest BCUT2D eigenvalue weighted by Gasteiger charge is -2.16. The minimum Gasteiger partial charge on any atom is -0.489 e. The molecule has 0 unspecified atom stereocenters. The standard InChI is InChI=1S/C12H12O/c1-2-5-10-8-11-6-3-4-7-12(11)13-9-10/h2-4,6-8H,1,5,9H2. The van der Waals surface area contributed by atoms with Crippen LogP contribution in [0.5, 0.6) is 5.75 Å². The van der Waals surface area contributed by atoms with E-state index in [9.17, 15) is 0 Å². The van der Waals surface area contributed by atoms with Crippen molar-refractivity contribution in [3.8, 4) is 5.75 Å². The molecule has 1 aliphatic rings. The molecule has 1 nitrogen and oxygen atoms in total. The lowest BCUT2D eigenvalue weighted by Crippen LogP contribution is -2.06. The maximum atomic E-state index is 5.57. The topological polar surface area (TPSA) is 9.23 Å². The smallest absolute Gasteiger partial charge is 0.127 e. The number of allylic oxidation sites excluding steroid dienone is 1. The summed E-state index contributed by atoms with van der Waals surface area (Å²) in [6.45, 7) is 4.41. The molecule has 13 heavy (non-hydrogen) atoms. The molecule has 2 rings (SSSR count). The Morgan fingerprint density at radius 3 is 3.08 bits per heavy atom. The van der Waals surface area contributed by atoms with Crippen LogP contribution in [0.3, 0.4) is 0 Å². The van der Waals surface area contributed by atoms with Gasteiger partial charge in [0.15, 0.2) is 0 Å². The molecule has 1 heterocycles. The van der Waals surface area contributed by atoms with Gasteiger partial charge in [-0.05, 0) is 24.1 Å². The molecule has 0 bridgehead atoms. The maximum absolute atomic E-state index is 5.57. The summed E-state index contributed by atoms with van der Waals surface area (Å²) in [5, 5.41) is 0. The SMILES string of the molecule is C=CCC1=Cc2ccccc2OC1. The van der Waals surface area contributed by atoms with Crippen LogP contribution in [0.1, 0.15) is 12.0 Å². The van der Waals surface area contributed by atoms with Gasteiger partial charge in [-0.25, -0.2) is 0 Å². The fourth-order valence-electron chi connectivity index (χ4n) is 1.47. The van der Waals surface area contributed by atoms with Crippen molar-refractivity contribution >= 4 is 6.08 Å². The fraction of sp³-hybridized carbons (Fsp3) is 0.167. The summed E-state index contributed by atoms with van der Waals surface area (Å²) in [6.07, 6.45) is 5.00. The number of hydrogen-bond acceptors (Lipinski definition) is 1. The molecule has 1 aromatic carbocycles. The van der Waals surface area contributed by atoms with Crippen LogP contribution in [0.15, 0.2) is 42.5 Å². The van der Waals surface area contributed by atoms with Crippen molar-refractivity contribution in [1.29, 1.82) is 0 Å². The van der Waals surface area contributed by atoms with E-state index >= 15 is 0 Å². The summed E-state index contributed by atoms with van der Waals surface area (Å²) in [7, 11) is 0. The molecule has 0 spiro atoms. The largest absolute Gasteiger partial charge is 0.489 e. The number of rotatable bonds is 2. The maximum Gasteiger partial charge on any atom is 0.127 e. The number of fused-ring (bicyclic) bond motifs is 1. The third-order valence-corrected chi connectivity index (χ3v) is 2.10. The van der Waals surface area contributed by atoms with E-state index in [0.29, 0.717) is 6.61 Å². The van der Waals surface area contributed by atoms with E-state index in [2.05, 4.69) is 18.7 Å². The van der Waals surface area contributed by atoms with E-state index in [1.807, 2.05) is 24.3 Å². The average molecular weight is 172 g/mol.